The fourth-order valence-corrected chi connectivity index (χ4v) is 1.71. The molecule has 0 spiro atoms. The average molecular weight is 248 g/mol. The maximum Gasteiger partial charge on any atom is 0.412 e. The smallest absolute Gasteiger partial charge is 0.412 e. The number of piperazine rings is 1. The van der Waals surface area contributed by atoms with Gasteiger partial charge in [0.05, 0.1) is 18.4 Å². The molecular weight excluding hydrogens is 236 g/mol. The molecule has 0 aromatic carbocycles. The van der Waals surface area contributed by atoms with E-state index >= 15 is 0 Å². The number of pyridine rings is 1. The Labute approximate surface area is 103 Å². The molecule has 1 aromatic rings. The molecule has 2 rings (SSSR count). The number of carbonyl (C=O) groups is 1. The van der Waals surface area contributed by atoms with Crippen molar-refractivity contribution < 1.29 is 14.7 Å². The summed E-state index contributed by atoms with van der Waals surface area (Å²) in [6.45, 7) is 0.893. The number of carbonyl (C=O) groups excluding carboxylic acids is 1. The Bertz CT molecular complexity index is 484. The minimum atomic E-state index is -1.13. The lowest BCUT2D eigenvalue weighted by Crippen LogP contribution is -2.49. The second-order valence-electron chi connectivity index (χ2n) is 3.76. The van der Waals surface area contributed by atoms with Crippen LogP contribution < -0.4 is 5.43 Å². The fraction of sp³-hybridized carbons (Fsp3) is 0.273. The topological polar surface area (TPSA) is 85.8 Å². The largest absolute Gasteiger partial charge is 0.465 e. The third-order valence-electron chi connectivity index (χ3n) is 2.56. The highest BCUT2D eigenvalue weighted by atomic mass is 16.4. The van der Waals surface area contributed by atoms with E-state index in [4.69, 9.17) is 5.11 Å². The van der Waals surface area contributed by atoms with Crippen molar-refractivity contribution in [3.05, 3.63) is 30.2 Å². The van der Waals surface area contributed by atoms with Gasteiger partial charge in [-0.2, -0.15) is 0 Å². The predicted molar refractivity (Wildman–Crippen MR) is 63.4 cm³/mol. The summed E-state index contributed by atoms with van der Waals surface area (Å²) in [5.41, 5.74) is 3.94. The third kappa shape index (κ3) is 2.65. The van der Waals surface area contributed by atoms with E-state index in [-0.39, 0.29) is 18.8 Å². The van der Waals surface area contributed by atoms with Crippen molar-refractivity contribution in [1.29, 1.82) is 0 Å². The summed E-state index contributed by atoms with van der Waals surface area (Å²) < 4.78 is 0. The highest BCUT2D eigenvalue weighted by Crippen LogP contribution is 2.13. The van der Waals surface area contributed by atoms with Gasteiger partial charge in [0.1, 0.15) is 11.6 Å². The number of rotatable bonds is 2. The molecule has 7 nitrogen and oxygen atoms in total. The number of anilines is 1. The normalized spacial score (nSPS) is 16.2. The maximum atomic E-state index is 10.9. The van der Waals surface area contributed by atoms with Gasteiger partial charge in [-0.15, -0.1) is 0 Å². The number of hydrazine groups is 1. The standard InChI is InChI=1S/C11H12N4O3/c16-8-10-7-14(4-5-15(10)11(17)18)13-9-2-1-3-12-6-9/h1-3,6,13H,4-5,7H2,(H,17,18). The average Bonchev–Trinajstić information content (AvgIpc) is 2.39. The molecule has 0 aliphatic carbocycles. The molecule has 0 unspecified atom stereocenters. The van der Waals surface area contributed by atoms with Crippen LogP contribution in [-0.4, -0.2) is 51.7 Å². The zero-order valence-corrected chi connectivity index (χ0v) is 9.54. The number of hydrogen-bond acceptors (Lipinski definition) is 5. The second kappa shape index (κ2) is 5.31. The van der Waals surface area contributed by atoms with Gasteiger partial charge in [0.25, 0.3) is 0 Å². The van der Waals surface area contributed by atoms with Crippen LogP contribution in [-0.2, 0) is 4.79 Å². The van der Waals surface area contributed by atoms with E-state index in [9.17, 15) is 9.59 Å². The van der Waals surface area contributed by atoms with Crippen LogP contribution >= 0.6 is 0 Å². The Hall–Kier alpha value is -2.37. The first kappa shape index (κ1) is 12.1. The van der Waals surface area contributed by atoms with Crippen LogP contribution in [0.25, 0.3) is 0 Å². The molecule has 94 valence electrons. The molecule has 1 aliphatic heterocycles. The van der Waals surface area contributed by atoms with Gasteiger partial charge in [0.2, 0.25) is 0 Å². The minimum absolute atomic E-state index is 0.102. The molecule has 0 atom stereocenters. The first-order valence-electron chi connectivity index (χ1n) is 5.37. The van der Waals surface area contributed by atoms with Gasteiger partial charge in [-0.3, -0.25) is 9.88 Å². The van der Waals surface area contributed by atoms with Crippen LogP contribution in [0.2, 0.25) is 0 Å². The Balaban J connectivity index is 2.03. The quantitative estimate of drug-likeness (QED) is 0.738. The Kier molecular flexibility index (Phi) is 3.57. The van der Waals surface area contributed by atoms with Crippen molar-refractivity contribution in [2.45, 2.75) is 0 Å². The van der Waals surface area contributed by atoms with E-state index < -0.39 is 6.09 Å². The SMILES string of the molecule is O=C=C1CN(Nc2cccnc2)CCN1C(=O)O. The molecule has 2 heterocycles. The molecule has 2 N–H and O–H groups in total. The third-order valence-corrected chi connectivity index (χ3v) is 2.56. The van der Waals surface area contributed by atoms with Crippen molar-refractivity contribution in [3.8, 4) is 0 Å². The number of carboxylic acid groups (broad SMARTS) is 1. The summed E-state index contributed by atoms with van der Waals surface area (Å²) >= 11 is 0. The van der Waals surface area contributed by atoms with Gasteiger partial charge in [0, 0.05) is 19.3 Å². The lowest BCUT2D eigenvalue weighted by molar-refractivity contribution is 0.137. The zero-order chi connectivity index (χ0) is 13.0. The van der Waals surface area contributed by atoms with Crippen LogP contribution in [0.4, 0.5) is 10.5 Å². The highest BCUT2D eigenvalue weighted by molar-refractivity contribution is 5.72. The monoisotopic (exact) mass is 248 g/mol. The molecule has 1 aromatic heterocycles. The second-order valence-corrected chi connectivity index (χ2v) is 3.76. The summed E-state index contributed by atoms with van der Waals surface area (Å²) in [5, 5.41) is 10.6. The molecule has 1 amide bonds. The molecule has 1 aliphatic rings. The molecule has 7 heteroatoms. The Morgan fingerprint density at radius 2 is 2.33 bits per heavy atom. The van der Waals surface area contributed by atoms with E-state index in [1.54, 1.807) is 29.4 Å². The lowest BCUT2D eigenvalue weighted by atomic mass is 10.3. The van der Waals surface area contributed by atoms with Crippen molar-refractivity contribution >= 4 is 17.7 Å². The van der Waals surface area contributed by atoms with Gasteiger partial charge in [-0.1, -0.05) is 0 Å². The van der Waals surface area contributed by atoms with E-state index in [1.165, 1.54) is 0 Å². The molecule has 18 heavy (non-hydrogen) atoms. The van der Waals surface area contributed by atoms with Gasteiger partial charge >= 0.3 is 6.09 Å². The molecule has 0 saturated carbocycles. The number of aromatic nitrogens is 1. The highest BCUT2D eigenvalue weighted by Gasteiger charge is 2.26. The van der Waals surface area contributed by atoms with Gasteiger partial charge in [-0.05, 0) is 12.1 Å². The number of hydrogen-bond donors (Lipinski definition) is 2. The number of amides is 1. The van der Waals surface area contributed by atoms with Crippen LogP contribution in [0.5, 0.6) is 0 Å². The van der Waals surface area contributed by atoms with Crippen LogP contribution in [0.1, 0.15) is 0 Å². The van der Waals surface area contributed by atoms with E-state index in [0.29, 0.717) is 6.54 Å². The number of nitrogens with zero attached hydrogens (tertiary/aromatic N) is 3. The summed E-state index contributed by atoms with van der Waals surface area (Å²) in [5.74, 6) is 1.67. The maximum absolute atomic E-state index is 10.9. The predicted octanol–water partition coefficient (Wildman–Crippen LogP) is 0.420. The van der Waals surface area contributed by atoms with Crippen molar-refractivity contribution in [2.24, 2.45) is 0 Å². The minimum Gasteiger partial charge on any atom is -0.465 e. The molecule has 1 fully saturated rings. The van der Waals surface area contributed by atoms with E-state index in [0.717, 1.165) is 10.6 Å². The summed E-state index contributed by atoms with van der Waals surface area (Å²) in [4.78, 5) is 26.6. The summed E-state index contributed by atoms with van der Waals surface area (Å²) in [7, 11) is 0. The first-order valence-corrected chi connectivity index (χ1v) is 5.37. The van der Waals surface area contributed by atoms with Gasteiger partial charge in [0.15, 0.2) is 0 Å². The van der Waals surface area contributed by atoms with Crippen molar-refractivity contribution in [2.75, 3.05) is 25.1 Å². The number of nitrogens with one attached hydrogen (secondary N) is 1. The van der Waals surface area contributed by atoms with Gasteiger partial charge in [-0.25, -0.2) is 14.6 Å². The zero-order valence-electron chi connectivity index (χ0n) is 9.54. The fourth-order valence-electron chi connectivity index (χ4n) is 1.71. The Morgan fingerprint density at radius 3 is 2.94 bits per heavy atom. The van der Waals surface area contributed by atoms with Crippen molar-refractivity contribution in [3.63, 3.8) is 0 Å². The molecule has 0 radical (unpaired) electrons. The Morgan fingerprint density at radius 1 is 1.50 bits per heavy atom. The van der Waals surface area contributed by atoms with Crippen LogP contribution in [0.3, 0.4) is 0 Å². The van der Waals surface area contributed by atoms with Crippen LogP contribution in [0, 0.1) is 0 Å². The summed E-state index contributed by atoms with van der Waals surface area (Å²) in [6.07, 6.45) is 2.17. The van der Waals surface area contributed by atoms with Crippen LogP contribution in [0.15, 0.2) is 30.2 Å². The molecule has 0 bridgehead atoms. The van der Waals surface area contributed by atoms with E-state index in [2.05, 4.69) is 10.4 Å². The van der Waals surface area contributed by atoms with Crippen molar-refractivity contribution in [1.82, 2.24) is 14.9 Å². The molecule has 1 saturated heterocycles. The summed E-state index contributed by atoms with van der Waals surface area (Å²) in [6, 6.07) is 3.62. The van der Waals surface area contributed by atoms with Gasteiger partial charge < -0.3 is 10.5 Å². The molecular formula is C11H12N4O3. The van der Waals surface area contributed by atoms with E-state index in [1.807, 2.05) is 6.07 Å². The lowest BCUT2D eigenvalue weighted by Gasteiger charge is -2.33. The first-order chi connectivity index (χ1) is 8.70.